The van der Waals surface area contributed by atoms with Crippen molar-refractivity contribution in [2.24, 2.45) is 11.3 Å². The van der Waals surface area contributed by atoms with Gasteiger partial charge in [-0.2, -0.15) is 0 Å². The molecule has 1 atom stereocenters. The summed E-state index contributed by atoms with van der Waals surface area (Å²) in [6.45, 7) is 6.95. The van der Waals surface area contributed by atoms with Crippen LogP contribution in [0.3, 0.4) is 0 Å². The fourth-order valence-electron chi connectivity index (χ4n) is 3.48. The molecule has 1 aliphatic heterocycles. The molecule has 0 aromatic carbocycles. The Bertz CT molecular complexity index is 280. The van der Waals surface area contributed by atoms with Gasteiger partial charge in [-0.1, -0.05) is 13.8 Å². The highest BCUT2D eigenvalue weighted by molar-refractivity contribution is 5.67. The van der Waals surface area contributed by atoms with Crippen LogP contribution in [0, 0.1) is 11.3 Å². The van der Waals surface area contributed by atoms with Crippen molar-refractivity contribution < 1.29 is 9.90 Å². The number of carbonyl (C=O) groups is 1. The van der Waals surface area contributed by atoms with Crippen molar-refractivity contribution in [1.29, 1.82) is 0 Å². The number of likely N-dealkylation sites (tertiary alicyclic amines) is 1. The average Bonchev–Trinajstić information content (AvgIpc) is 2.59. The summed E-state index contributed by atoms with van der Waals surface area (Å²) in [4.78, 5) is 13.3. The molecule has 1 aliphatic carbocycles. The van der Waals surface area contributed by atoms with Crippen molar-refractivity contribution in [3.8, 4) is 0 Å². The van der Waals surface area contributed by atoms with E-state index in [9.17, 15) is 4.79 Å². The fourth-order valence-corrected chi connectivity index (χ4v) is 3.48. The maximum atomic E-state index is 10.7. The van der Waals surface area contributed by atoms with Crippen LogP contribution in [-0.4, -0.2) is 35.1 Å². The van der Waals surface area contributed by atoms with Crippen LogP contribution in [0.15, 0.2) is 0 Å². The Morgan fingerprint density at radius 1 is 1.29 bits per heavy atom. The van der Waals surface area contributed by atoms with E-state index in [1.165, 1.54) is 19.3 Å². The van der Waals surface area contributed by atoms with Gasteiger partial charge in [-0.25, -0.2) is 0 Å². The Balaban J connectivity index is 1.78. The van der Waals surface area contributed by atoms with Gasteiger partial charge in [-0.15, -0.1) is 0 Å². The van der Waals surface area contributed by atoms with E-state index in [1.807, 2.05) is 0 Å². The number of piperidine rings is 1. The zero-order valence-corrected chi connectivity index (χ0v) is 11.1. The molecule has 3 heteroatoms. The van der Waals surface area contributed by atoms with E-state index < -0.39 is 5.97 Å². The van der Waals surface area contributed by atoms with Crippen LogP contribution >= 0.6 is 0 Å². The molecule has 0 aromatic heterocycles. The van der Waals surface area contributed by atoms with E-state index >= 15 is 0 Å². The molecule has 98 valence electrons. The van der Waals surface area contributed by atoms with Crippen LogP contribution < -0.4 is 0 Å². The second-order valence-electron chi connectivity index (χ2n) is 6.64. The number of hydrogen-bond donors (Lipinski definition) is 1. The molecule has 0 radical (unpaired) electrons. The molecule has 1 heterocycles. The van der Waals surface area contributed by atoms with Crippen molar-refractivity contribution in [3.05, 3.63) is 0 Å². The minimum atomic E-state index is -0.634. The van der Waals surface area contributed by atoms with Crippen LogP contribution in [0.5, 0.6) is 0 Å². The maximum Gasteiger partial charge on any atom is 0.303 e. The molecule has 1 saturated carbocycles. The SMILES string of the molecule is CC1(C)CCC(N2CCC(CC(=O)O)CC2)C1. The highest BCUT2D eigenvalue weighted by atomic mass is 16.4. The monoisotopic (exact) mass is 239 g/mol. The van der Waals surface area contributed by atoms with Gasteiger partial charge in [0, 0.05) is 12.5 Å². The quantitative estimate of drug-likeness (QED) is 0.823. The molecule has 17 heavy (non-hydrogen) atoms. The van der Waals surface area contributed by atoms with Crippen molar-refractivity contribution in [2.45, 2.75) is 58.4 Å². The molecule has 0 aromatic rings. The Morgan fingerprint density at radius 3 is 2.41 bits per heavy atom. The Hall–Kier alpha value is -0.570. The molecule has 0 amide bonds. The summed E-state index contributed by atoms with van der Waals surface area (Å²) in [5, 5.41) is 8.80. The van der Waals surface area contributed by atoms with Gasteiger partial charge in [-0.05, 0) is 56.5 Å². The van der Waals surface area contributed by atoms with Gasteiger partial charge in [0.15, 0.2) is 0 Å². The second-order valence-corrected chi connectivity index (χ2v) is 6.64. The van der Waals surface area contributed by atoms with E-state index in [2.05, 4.69) is 18.7 Å². The summed E-state index contributed by atoms with van der Waals surface area (Å²) in [5.41, 5.74) is 0.516. The number of nitrogens with zero attached hydrogens (tertiary/aromatic N) is 1. The van der Waals surface area contributed by atoms with E-state index in [0.29, 0.717) is 17.8 Å². The van der Waals surface area contributed by atoms with E-state index in [1.54, 1.807) is 0 Å². The fraction of sp³-hybridized carbons (Fsp3) is 0.929. The average molecular weight is 239 g/mol. The molecule has 0 spiro atoms. The van der Waals surface area contributed by atoms with Gasteiger partial charge in [0.05, 0.1) is 0 Å². The van der Waals surface area contributed by atoms with Crippen LogP contribution in [0.25, 0.3) is 0 Å². The Kier molecular flexibility index (Phi) is 3.76. The van der Waals surface area contributed by atoms with Gasteiger partial charge in [0.2, 0.25) is 0 Å². The molecule has 1 saturated heterocycles. The largest absolute Gasteiger partial charge is 0.481 e. The normalized spacial score (nSPS) is 30.6. The van der Waals surface area contributed by atoms with Crippen LogP contribution in [0.2, 0.25) is 0 Å². The summed E-state index contributed by atoms with van der Waals surface area (Å²) >= 11 is 0. The highest BCUT2D eigenvalue weighted by Crippen LogP contribution is 2.40. The first-order valence-corrected chi connectivity index (χ1v) is 6.92. The second kappa shape index (κ2) is 4.97. The molecule has 0 bridgehead atoms. The molecule has 3 nitrogen and oxygen atoms in total. The number of rotatable bonds is 3. The van der Waals surface area contributed by atoms with Crippen LogP contribution in [-0.2, 0) is 4.79 Å². The maximum absolute atomic E-state index is 10.7. The predicted octanol–water partition coefficient (Wildman–Crippen LogP) is 2.75. The highest BCUT2D eigenvalue weighted by Gasteiger charge is 2.35. The van der Waals surface area contributed by atoms with Crippen LogP contribution in [0.1, 0.15) is 52.4 Å². The van der Waals surface area contributed by atoms with Gasteiger partial charge < -0.3 is 10.0 Å². The molecule has 2 rings (SSSR count). The smallest absolute Gasteiger partial charge is 0.303 e. The summed E-state index contributed by atoms with van der Waals surface area (Å²) in [6.07, 6.45) is 6.50. The lowest BCUT2D eigenvalue weighted by molar-refractivity contribution is -0.138. The van der Waals surface area contributed by atoms with Gasteiger partial charge >= 0.3 is 5.97 Å². The van der Waals surface area contributed by atoms with Crippen molar-refractivity contribution in [2.75, 3.05) is 13.1 Å². The lowest BCUT2D eigenvalue weighted by Gasteiger charge is -2.36. The standard InChI is InChI=1S/C14H25NO2/c1-14(2)6-3-12(10-14)15-7-4-11(5-8-15)9-13(16)17/h11-12H,3-10H2,1-2H3,(H,16,17). The number of carboxylic acid groups (broad SMARTS) is 1. The number of carboxylic acids is 1. The molecular formula is C14H25NO2. The minimum Gasteiger partial charge on any atom is -0.481 e. The van der Waals surface area contributed by atoms with Gasteiger partial charge in [0.25, 0.3) is 0 Å². The third kappa shape index (κ3) is 3.44. The summed E-state index contributed by atoms with van der Waals surface area (Å²) in [7, 11) is 0. The van der Waals surface area contributed by atoms with E-state index in [4.69, 9.17) is 5.11 Å². The van der Waals surface area contributed by atoms with Crippen molar-refractivity contribution >= 4 is 5.97 Å². The molecule has 1 N–H and O–H groups in total. The Labute approximate surface area is 104 Å². The van der Waals surface area contributed by atoms with Gasteiger partial charge in [0.1, 0.15) is 0 Å². The number of aliphatic carboxylic acids is 1. The van der Waals surface area contributed by atoms with Crippen molar-refractivity contribution in [3.63, 3.8) is 0 Å². The van der Waals surface area contributed by atoms with E-state index in [0.717, 1.165) is 32.0 Å². The van der Waals surface area contributed by atoms with Gasteiger partial charge in [-0.3, -0.25) is 4.79 Å². The first kappa shape index (κ1) is 12.9. The molecule has 2 fully saturated rings. The van der Waals surface area contributed by atoms with E-state index in [-0.39, 0.29) is 0 Å². The lowest BCUT2D eigenvalue weighted by atomic mass is 9.90. The number of hydrogen-bond acceptors (Lipinski definition) is 2. The molecule has 2 aliphatic rings. The molecule has 1 unspecified atom stereocenters. The molecular weight excluding hydrogens is 214 g/mol. The summed E-state index contributed by atoms with van der Waals surface area (Å²) in [6, 6.07) is 0.760. The Morgan fingerprint density at radius 2 is 1.94 bits per heavy atom. The topological polar surface area (TPSA) is 40.5 Å². The van der Waals surface area contributed by atoms with Crippen molar-refractivity contribution in [1.82, 2.24) is 4.90 Å². The summed E-state index contributed by atoms with van der Waals surface area (Å²) < 4.78 is 0. The third-order valence-electron chi connectivity index (χ3n) is 4.57. The lowest BCUT2D eigenvalue weighted by Crippen LogP contribution is -2.40. The zero-order valence-electron chi connectivity index (χ0n) is 11.1. The first-order valence-electron chi connectivity index (χ1n) is 6.92. The minimum absolute atomic E-state index is 0.365. The summed E-state index contributed by atoms with van der Waals surface area (Å²) in [5.74, 6) is -0.219. The predicted molar refractivity (Wildman–Crippen MR) is 68.0 cm³/mol. The first-order chi connectivity index (χ1) is 7.96. The zero-order chi connectivity index (χ0) is 12.5. The van der Waals surface area contributed by atoms with Crippen LogP contribution in [0.4, 0.5) is 0 Å². The third-order valence-corrected chi connectivity index (χ3v) is 4.57.